The van der Waals surface area contributed by atoms with Gasteiger partial charge in [0.05, 0.1) is 7.11 Å². The second-order valence-corrected chi connectivity index (χ2v) is 6.79. The Kier molecular flexibility index (Phi) is 7.05. The number of amides is 2. The van der Waals surface area contributed by atoms with Crippen LogP contribution >= 0.6 is 0 Å². The van der Waals surface area contributed by atoms with Gasteiger partial charge < -0.3 is 25.1 Å². The van der Waals surface area contributed by atoms with Crippen molar-refractivity contribution in [2.24, 2.45) is 5.73 Å². The monoisotopic (exact) mass is 420 g/mol. The van der Waals surface area contributed by atoms with Crippen molar-refractivity contribution >= 4 is 23.6 Å². The van der Waals surface area contributed by atoms with Gasteiger partial charge in [-0.1, -0.05) is 18.2 Å². The third kappa shape index (κ3) is 6.20. The molecule has 0 saturated carbocycles. The highest BCUT2D eigenvalue weighted by molar-refractivity contribution is 6.01. The molecule has 2 aromatic carbocycles. The lowest BCUT2D eigenvalue weighted by atomic mass is 10.1. The first-order valence-corrected chi connectivity index (χ1v) is 9.59. The maximum absolute atomic E-state index is 12.3. The third-order valence-electron chi connectivity index (χ3n) is 4.48. The third-order valence-corrected chi connectivity index (χ3v) is 4.48. The molecule has 3 N–H and O–H groups in total. The molecule has 1 aromatic heterocycles. The smallest absolute Gasteiger partial charge is 0.255 e. The van der Waals surface area contributed by atoms with E-state index in [9.17, 15) is 9.59 Å². The molecule has 0 bridgehead atoms. The van der Waals surface area contributed by atoms with Crippen molar-refractivity contribution in [2.45, 2.75) is 13.5 Å². The van der Waals surface area contributed by atoms with Crippen LogP contribution in [0.1, 0.15) is 17.0 Å². The van der Waals surface area contributed by atoms with Gasteiger partial charge >= 0.3 is 0 Å². The van der Waals surface area contributed by atoms with E-state index in [4.69, 9.17) is 15.2 Å². The molecule has 2 amide bonds. The molecule has 0 aliphatic heterocycles. The molecule has 0 fully saturated rings. The van der Waals surface area contributed by atoms with Gasteiger partial charge in [0.1, 0.15) is 5.82 Å². The van der Waals surface area contributed by atoms with Gasteiger partial charge in [-0.25, -0.2) is 4.98 Å². The summed E-state index contributed by atoms with van der Waals surface area (Å²) in [6.45, 7) is 2.44. The lowest BCUT2D eigenvalue weighted by molar-refractivity contribution is -0.120. The van der Waals surface area contributed by atoms with Crippen LogP contribution in [0.2, 0.25) is 0 Å². The number of rotatable bonds is 9. The van der Waals surface area contributed by atoms with E-state index >= 15 is 0 Å². The van der Waals surface area contributed by atoms with E-state index in [0.29, 0.717) is 17.2 Å². The normalized spacial score (nSPS) is 10.8. The van der Waals surface area contributed by atoms with Gasteiger partial charge in [0.25, 0.3) is 5.91 Å². The summed E-state index contributed by atoms with van der Waals surface area (Å²) in [7, 11) is 1.49. The second-order valence-electron chi connectivity index (χ2n) is 6.79. The summed E-state index contributed by atoms with van der Waals surface area (Å²) in [6.07, 6.45) is 6.79. The number of carbonyl (C=O) groups excluding carboxylic acids is 2. The van der Waals surface area contributed by atoms with Gasteiger partial charge in [0.15, 0.2) is 18.1 Å². The largest absolute Gasteiger partial charge is 0.493 e. The number of methoxy groups -OCH3 is 1. The quantitative estimate of drug-likeness (QED) is 0.518. The Bertz CT molecular complexity index is 1090. The zero-order chi connectivity index (χ0) is 22.2. The number of ether oxygens (including phenoxy) is 2. The molecule has 0 spiro atoms. The summed E-state index contributed by atoms with van der Waals surface area (Å²) >= 11 is 0. The maximum Gasteiger partial charge on any atom is 0.255 e. The van der Waals surface area contributed by atoms with E-state index in [2.05, 4.69) is 14.9 Å². The number of hydrogen-bond acceptors (Lipinski definition) is 5. The highest BCUT2D eigenvalue weighted by Crippen LogP contribution is 2.28. The molecule has 160 valence electrons. The van der Waals surface area contributed by atoms with Crippen LogP contribution in [0, 0.1) is 6.92 Å². The summed E-state index contributed by atoms with van der Waals surface area (Å²) in [5, 5.41) is 2.83. The highest BCUT2D eigenvalue weighted by atomic mass is 16.5. The molecule has 3 aromatic rings. The Hall–Kier alpha value is -4.07. The molecular formula is C23H24N4O4. The van der Waals surface area contributed by atoms with Crippen LogP contribution in [0.4, 0.5) is 5.69 Å². The molecular weight excluding hydrogens is 396 g/mol. The molecule has 0 unspecified atom stereocenters. The molecule has 0 radical (unpaired) electrons. The van der Waals surface area contributed by atoms with E-state index in [-0.39, 0.29) is 12.5 Å². The summed E-state index contributed by atoms with van der Waals surface area (Å²) < 4.78 is 12.6. The standard InChI is InChI=1S/C23H24N4O4/c1-16-25-11-12-27(16)14-18-3-7-19(8-4-18)26-23(29)10-6-17-5-9-20(21(13-17)30-2)31-15-22(24)28/h3-13H,14-15H2,1-2H3,(H2,24,28)(H,26,29)/b10-6+. The Balaban J connectivity index is 1.58. The van der Waals surface area contributed by atoms with Crippen LogP contribution in [0.15, 0.2) is 60.9 Å². The molecule has 0 saturated heterocycles. The van der Waals surface area contributed by atoms with Crippen molar-refractivity contribution in [3.8, 4) is 11.5 Å². The van der Waals surface area contributed by atoms with Crippen molar-refractivity contribution < 1.29 is 19.1 Å². The molecule has 0 atom stereocenters. The number of carbonyl (C=O) groups is 2. The minimum absolute atomic E-state index is 0.241. The molecule has 0 aliphatic carbocycles. The maximum atomic E-state index is 12.3. The fraction of sp³-hybridized carbons (Fsp3) is 0.174. The molecule has 0 aliphatic rings. The van der Waals surface area contributed by atoms with E-state index in [0.717, 1.165) is 23.5 Å². The number of nitrogens with two attached hydrogens (primary N) is 1. The second kappa shape index (κ2) is 10.1. The zero-order valence-corrected chi connectivity index (χ0v) is 17.4. The number of imidazole rings is 1. The van der Waals surface area contributed by atoms with Gasteiger partial charge in [0, 0.05) is 30.7 Å². The number of nitrogens with one attached hydrogen (secondary N) is 1. The van der Waals surface area contributed by atoms with E-state index in [1.807, 2.05) is 37.4 Å². The van der Waals surface area contributed by atoms with Gasteiger partial charge in [-0.3, -0.25) is 9.59 Å². The number of primary amides is 1. The van der Waals surface area contributed by atoms with Crippen LogP contribution in [0.5, 0.6) is 11.5 Å². The SMILES string of the molecule is COc1cc(/C=C/C(=O)Nc2ccc(Cn3ccnc3C)cc2)ccc1OCC(N)=O. The van der Waals surface area contributed by atoms with Gasteiger partial charge in [-0.2, -0.15) is 0 Å². The minimum atomic E-state index is -0.576. The van der Waals surface area contributed by atoms with Crippen molar-refractivity contribution in [3.63, 3.8) is 0 Å². The van der Waals surface area contributed by atoms with Crippen molar-refractivity contribution in [3.05, 3.63) is 77.9 Å². The molecule has 1 heterocycles. The highest BCUT2D eigenvalue weighted by Gasteiger charge is 2.07. The number of anilines is 1. The molecule has 3 rings (SSSR count). The fourth-order valence-corrected chi connectivity index (χ4v) is 2.87. The number of aryl methyl sites for hydroxylation is 1. The number of aromatic nitrogens is 2. The first-order valence-electron chi connectivity index (χ1n) is 9.59. The number of benzene rings is 2. The summed E-state index contributed by atoms with van der Waals surface area (Å²) in [5.41, 5.74) is 7.64. The lowest BCUT2D eigenvalue weighted by Crippen LogP contribution is -2.20. The topological polar surface area (TPSA) is 108 Å². The van der Waals surface area contributed by atoms with Crippen molar-refractivity contribution in [1.29, 1.82) is 0 Å². The van der Waals surface area contributed by atoms with Crippen molar-refractivity contribution in [1.82, 2.24) is 9.55 Å². The van der Waals surface area contributed by atoms with Crippen LogP contribution in [0.25, 0.3) is 6.08 Å². The summed E-state index contributed by atoms with van der Waals surface area (Å²) in [6, 6.07) is 12.8. The summed E-state index contributed by atoms with van der Waals surface area (Å²) in [5.74, 6) is 0.951. The van der Waals surface area contributed by atoms with Crippen LogP contribution in [0.3, 0.4) is 0 Å². The predicted octanol–water partition coefficient (Wildman–Crippen LogP) is 2.76. The average Bonchev–Trinajstić information content (AvgIpc) is 3.16. The Morgan fingerprint density at radius 2 is 1.94 bits per heavy atom. The van der Waals surface area contributed by atoms with Gasteiger partial charge in [0.2, 0.25) is 5.91 Å². The van der Waals surface area contributed by atoms with Crippen molar-refractivity contribution in [2.75, 3.05) is 19.0 Å². The van der Waals surface area contributed by atoms with Crippen LogP contribution in [-0.4, -0.2) is 35.1 Å². The summed E-state index contributed by atoms with van der Waals surface area (Å²) in [4.78, 5) is 27.3. The van der Waals surface area contributed by atoms with E-state index in [1.165, 1.54) is 13.2 Å². The van der Waals surface area contributed by atoms with E-state index < -0.39 is 5.91 Å². The zero-order valence-electron chi connectivity index (χ0n) is 17.4. The molecule has 8 heteroatoms. The number of nitrogens with zero attached hydrogens (tertiary/aromatic N) is 2. The lowest BCUT2D eigenvalue weighted by Gasteiger charge is -2.10. The van der Waals surface area contributed by atoms with Crippen LogP contribution in [-0.2, 0) is 16.1 Å². The first kappa shape index (κ1) is 21.6. The Morgan fingerprint density at radius 1 is 1.16 bits per heavy atom. The first-order chi connectivity index (χ1) is 14.9. The predicted molar refractivity (Wildman–Crippen MR) is 118 cm³/mol. The van der Waals surface area contributed by atoms with Gasteiger partial charge in [-0.15, -0.1) is 0 Å². The van der Waals surface area contributed by atoms with Gasteiger partial charge in [-0.05, 0) is 48.4 Å². The number of hydrogen-bond donors (Lipinski definition) is 2. The molecule has 31 heavy (non-hydrogen) atoms. The fourth-order valence-electron chi connectivity index (χ4n) is 2.87. The Labute approximate surface area is 180 Å². The molecule has 8 nitrogen and oxygen atoms in total. The average molecular weight is 420 g/mol. The van der Waals surface area contributed by atoms with Crippen LogP contribution < -0.4 is 20.5 Å². The van der Waals surface area contributed by atoms with E-state index in [1.54, 1.807) is 30.5 Å². The Morgan fingerprint density at radius 3 is 2.58 bits per heavy atom. The minimum Gasteiger partial charge on any atom is -0.493 e.